The Bertz CT molecular complexity index is 400. The van der Waals surface area contributed by atoms with Gasteiger partial charge < -0.3 is 4.74 Å². The van der Waals surface area contributed by atoms with Crippen LogP contribution in [-0.2, 0) is 9.53 Å². The van der Waals surface area contributed by atoms with Gasteiger partial charge in [0.1, 0.15) is 6.10 Å². The molecular weight excluding hydrogens is 232 g/mol. The first-order valence-corrected chi connectivity index (χ1v) is 6.74. The third-order valence-corrected chi connectivity index (χ3v) is 4.24. The van der Waals surface area contributed by atoms with E-state index in [0.717, 1.165) is 6.42 Å². The molecule has 1 aliphatic heterocycles. The lowest BCUT2D eigenvalue weighted by Crippen LogP contribution is -2.29. The normalized spacial score (nSPS) is 21.0. The highest BCUT2D eigenvalue weighted by molar-refractivity contribution is 8.00. The van der Waals surface area contributed by atoms with Crippen molar-refractivity contribution >= 4 is 17.5 Å². The SMILES string of the molecule is CC[C@H](Sc1ccccc1)[C@@H]1CC(=O)C=CO1. The van der Waals surface area contributed by atoms with E-state index in [0.29, 0.717) is 11.7 Å². The van der Waals surface area contributed by atoms with Crippen LogP contribution in [0.3, 0.4) is 0 Å². The van der Waals surface area contributed by atoms with Crippen LogP contribution in [0.15, 0.2) is 47.6 Å². The maximum Gasteiger partial charge on any atom is 0.162 e. The number of thioether (sulfide) groups is 1. The molecule has 0 unspecified atom stereocenters. The Morgan fingerprint density at radius 1 is 1.41 bits per heavy atom. The van der Waals surface area contributed by atoms with E-state index in [1.165, 1.54) is 17.2 Å². The van der Waals surface area contributed by atoms with Crippen LogP contribution < -0.4 is 0 Å². The summed E-state index contributed by atoms with van der Waals surface area (Å²) in [5, 5.41) is 0.325. The van der Waals surface area contributed by atoms with Crippen LogP contribution in [0.2, 0.25) is 0 Å². The Kier molecular flexibility index (Phi) is 4.26. The molecule has 1 aromatic carbocycles. The van der Waals surface area contributed by atoms with Crippen molar-refractivity contribution in [3.8, 4) is 0 Å². The third kappa shape index (κ3) is 3.37. The molecule has 1 aliphatic rings. The summed E-state index contributed by atoms with van der Waals surface area (Å²) in [5.41, 5.74) is 0. The molecule has 0 radical (unpaired) electrons. The number of allylic oxidation sites excluding steroid dienone is 1. The van der Waals surface area contributed by atoms with Crippen molar-refractivity contribution in [2.24, 2.45) is 0 Å². The summed E-state index contributed by atoms with van der Waals surface area (Å²) in [6.07, 6.45) is 4.53. The summed E-state index contributed by atoms with van der Waals surface area (Å²) >= 11 is 1.79. The minimum atomic E-state index is 0.00251. The largest absolute Gasteiger partial charge is 0.496 e. The summed E-state index contributed by atoms with van der Waals surface area (Å²) in [7, 11) is 0. The molecule has 0 spiro atoms. The van der Waals surface area contributed by atoms with Gasteiger partial charge in [-0.1, -0.05) is 25.1 Å². The highest BCUT2D eigenvalue weighted by Gasteiger charge is 2.26. The molecule has 2 rings (SSSR count). The Balaban J connectivity index is 2.02. The summed E-state index contributed by atoms with van der Waals surface area (Å²) < 4.78 is 5.55. The van der Waals surface area contributed by atoms with Crippen molar-refractivity contribution in [2.75, 3.05) is 0 Å². The molecule has 17 heavy (non-hydrogen) atoms. The van der Waals surface area contributed by atoms with E-state index in [1.807, 2.05) is 18.2 Å². The maximum absolute atomic E-state index is 11.4. The molecule has 0 N–H and O–H groups in total. The van der Waals surface area contributed by atoms with E-state index < -0.39 is 0 Å². The molecule has 0 saturated heterocycles. The van der Waals surface area contributed by atoms with Gasteiger partial charge in [-0.05, 0) is 18.6 Å². The lowest BCUT2D eigenvalue weighted by atomic mass is 10.1. The van der Waals surface area contributed by atoms with Gasteiger partial charge in [-0.25, -0.2) is 0 Å². The standard InChI is InChI=1S/C14H16O2S/c1-2-14(13-10-11(15)8-9-16-13)17-12-6-4-3-5-7-12/h3-9,13-14H,2,10H2,1H3/t13-,14-/m0/s1. The zero-order chi connectivity index (χ0) is 12.1. The van der Waals surface area contributed by atoms with Gasteiger partial charge in [-0.15, -0.1) is 11.8 Å². The Labute approximate surface area is 106 Å². The third-order valence-electron chi connectivity index (χ3n) is 2.76. The van der Waals surface area contributed by atoms with E-state index in [2.05, 4.69) is 19.1 Å². The molecule has 0 fully saturated rings. The molecule has 90 valence electrons. The maximum atomic E-state index is 11.4. The summed E-state index contributed by atoms with van der Waals surface area (Å²) in [6, 6.07) is 10.2. The van der Waals surface area contributed by atoms with E-state index >= 15 is 0 Å². The number of carbonyl (C=O) groups excluding carboxylic acids is 1. The van der Waals surface area contributed by atoms with Crippen molar-refractivity contribution in [3.63, 3.8) is 0 Å². The predicted molar refractivity (Wildman–Crippen MR) is 70.0 cm³/mol. The van der Waals surface area contributed by atoms with Crippen molar-refractivity contribution in [1.29, 1.82) is 0 Å². The van der Waals surface area contributed by atoms with Gasteiger partial charge in [0.05, 0.1) is 6.26 Å². The van der Waals surface area contributed by atoms with Crippen LogP contribution in [0.4, 0.5) is 0 Å². The first kappa shape index (κ1) is 12.2. The van der Waals surface area contributed by atoms with Crippen LogP contribution >= 0.6 is 11.8 Å². The number of rotatable bonds is 4. The fraction of sp³-hybridized carbons (Fsp3) is 0.357. The molecule has 0 amide bonds. The smallest absolute Gasteiger partial charge is 0.162 e. The van der Waals surface area contributed by atoms with E-state index in [9.17, 15) is 4.79 Å². The summed E-state index contributed by atoms with van der Waals surface area (Å²) in [6.45, 7) is 2.13. The van der Waals surface area contributed by atoms with Gasteiger partial charge in [0.2, 0.25) is 0 Å². The number of ether oxygens (including phenoxy) is 1. The Morgan fingerprint density at radius 3 is 2.82 bits per heavy atom. The van der Waals surface area contributed by atoms with Crippen LogP contribution in [0.1, 0.15) is 19.8 Å². The lowest BCUT2D eigenvalue weighted by molar-refractivity contribution is -0.117. The van der Waals surface area contributed by atoms with Gasteiger partial charge in [-0.2, -0.15) is 0 Å². The second-order valence-electron chi connectivity index (χ2n) is 4.03. The fourth-order valence-electron chi connectivity index (χ4n) is 1.85. The molecular formula is C14H16O2S. The highest BCUT2D eigenvalue weighted by Crippen LogP contribution is 2.31. The summed E-state index contributed by atoms with van der Waals surface area (Å²) in [4.78, 5) is 12.6. The number of carbonyl (C=O) groups is 1. The highest BCUT2D eigenvalue weighted by atomic mass is 32.2. The molecule has 1 heterocycles. The molecule has 0 saturated carbocycles. The fourth-order valence-corrected chi connectivity index (χ4v) is 2.99. The van der Waals surface area contributed by atoms with Gasteiger partial charge in [-0.3, -0.25) is 4.79 Å². The first-order valence-electron chi connectivity index (χ1n) is 5.86. The van der Waals surface area contributed by atoms with E-state index in [4.69, 9.17) is 4.74 Å². The van der Waals surface area contributed by atoms with Crippen molar-refractivity contribution in [3.05, 3.63) is 42.7 Å². The van der Waals surface area contributed by atoms with Crippen LogP contribution in [0.25, 0.3) is 0 Å². The number of ketones is 1. The quantitative estimate of drug-likeness (QED) is 0.764. The Hall–Kier alpha value is -1.22. The number of benzene rings is 1. The molecule has 2 atom stereocenters. The Morgan fingerprint density at radius 2 is 2.18 bits per heavy atom. The molecule has 1 aromatic rings. The topological polar surface area (TPSA) is 26.3 Å². The first-order chi connectivity index (χ1) is 8.29. The monoisotopic (exact) mass is 248 g/mol. The number of hydrogen-bond donors (Lipinski definition) is 0. The zero-order valence-electron chi connectivity index (χ0n) is 9.84. The predicted octanol–water partition coefficient (Wildman–Crippen LogP) is 3.43. The van der Waals surface area contributed by atoms with E-state index in [-0.39, 0.29) is 11.9 Å². The molecule has 0 bridgehead atoms. The van der Waals surface area contributed by atoms with Crippen LogP contribution in [0, 0.1) is 0 Å². The lowest BCUT2D eigenvalue weighted by Gasteiger charge is -2.26. The second-order valence-corrected chi connectivity index (χ2v) is 5.34. The average Bonchev–Trinajstić information content (AvgIpc) is 2.37. The van der Waals surface area contributed by atoms with Crippen molar-refractivity contribution in [2.45, 2.75) is 36.0 Å². The molecule has 0 aromatic heterocycles. The van der Waals surface area contributed by atoms with Crippen LogP contribution in [-0.4, -0.2) is 17.1 Å². The summed E-state index contributed by atoms with van der Waals surface area (Å²) in [5.74, 6) is 0.161. The van der Waals surface area contributed by atoms with E-state index in [1.54, 1.807) is 11.8 Å². The minimum absolute atomic E-state index is 0.00251. The van der Waals surface area contributed by atoms with Gasteiger partial charge in [0, 0.05) is 22.6 Å². The van der Waals surface area contributed by atoms with Crippen molar-refractivity contribution in [1.82, 2.24) is 0 Å². The van der Waals surface area contributed by atoms with Gasteiger partial charge in [0.15, 0.2) is 5.78 Å². The average molecular weight is 248 g/mol. The second kappa shape index (κ2) is 5.92. The molecule has 3 heteroatoms. The minimum Gasteiger partial charge on any atom is -0.496 e. The van der Waals surface area contributed by atoms with Gasteiger partial charge in [0.25, 0.3) is 0 Å². The molecule has 0 aliphatic carbocycles. The molecule has 2 nitrogen and oxygen atoms in total. The zero-order valence-corrected chi connectivity index (χ0v) is 10.7. The van der Waals surface area contributed by atoms with Crippen LogP contribution in [0.5, 0.6) is 0 Å². The number of hydrogen-bond acceptors (Lipinski definition) is 3. The van der Waals surface area contributed by atoms with Crippen molar-refractivity contribution < 1.29 is 9.53 Å². The van der Waals surface area contributed by atoms with Gasteiger partial charge >= 0.3 is 0 Å².